The molecule has 1 amide bonds. The van der Waals surface area contributed by atoms with Crippen molar-refractivity contribution in [3.63, 3.8) is 0 Å². The van der Waals surface area contributed by atoms with E-state index in [-0.39, 0.29) is 18.3 Å². The SMILES string of the molecule is O=C1c2ccc(OCCN3CCCC3)cc2CN1c1cnc(NCc2c(F)ccc3c2CCO3)n2cnnc12. The van der Waals surface area contributed by atoms with Crippen LogP contribution in [0.15, 0.2) is 42.9 Å². The summed E-state index contributed by atoms with van der Waals surface area (Å²) in [6, 6.07) is 8.71. The summed E-state index contributed by atoms with van der Waals surface area (Å²) in [6.45, 7) is 4.96. The topological polar surface area (TPSA) is 97.1 Å². The first-order chi connectivity index (χ1) is 19.2. The number of amides is 1. The van der Waals surface area contributed by atoms with Crippen molar-refractivity contribution in [2.24, 2.45) is 0 Å². The van der Waals surface area contributed by atoms with Gasteiger partial charge < -0.3 is 14.8 Å². The lowest BCUT2D eigenvalue weighted by molar-refractivity contribution is 0.0996. The highest BCUT2D eigenvalue weighted by molar-refractivity contribution is 6.11. The van der Waals surface area contributed by atoms with E-state index >= 15 is 0 Å². The molecule has 0 bridgehead atoms. The summed E-state index contributed by atoms with van der Waals surface area (Å²) in [4.78, 5) is 21.9. The zero-order valence-electron chi connectivity index (χ0n) is 21.4. The molecule has 1 saturated heterocycles. The van der Waals surface area contributed by atoms with E-state index in [4.69, 9.17) is 9.47 Å². The number of benzene rings is 2. The van der Waals surface area contributed by atoms with Crippen LogP contribution in [0.2, 0.25) is 0 Å². The van der Waals surface area contributed by atoms with E-state index in [2.05, 4.69) is 25.4 Å². The highest BCUT2D eigenvalue weighted by Crippen LogP contribution is 2.34. The smallest absolute Gasteiger partial charge is 0.259 e. The van der Waals surface area contributed by atoms with Crippen molar-refractivity contribution in [3.8, 4) is 11.5 Å². The lowest BCUT2D eigenvalue weighted by Crippen LogP contribution is -2.25. The summed E-state index contributed by atoms with van der Waals surface area (Å²) < 4.78 is 27.9. The summed E-state index contributed by atoms with van der Waals surface area (Å²) in [5.74, 6) is 1.52. The maximum atomic E-state index is 14.6. The molecule has 0 saturated carbocycles. The number of anilines is 2. The fourth-order valence-corrected chi connectivity index (χ4v) is 5.68. The van der Waals surface area contributed by atoms with Gasteiger partial charge in [0.05, 0.1) is 19.3 Å². The molecule has 2 aromatic heterocycles. The van der Waals surface area contributed by atoms with Crippen LogP contribution in [-0.4, -0.2) is 63.2 Å². The van der Waals surface area contributed by atoms with Crippen LogP contribution in [0.3, 0.4) is 0 Å². The molecule has 0 aliphatic carbocycles. The van der Waals surface area contributed by atoms with Gasteiger partial charge in [-0.1, -0.05) is 0 Å². The molecule has 11 heteroatoms. The van der Waals surface area contributed by atoms with Gasteiger partial charge >= 0.3 is 0 Å². The Morgan fingerprint density at radius 1 is 1.15 bits per heavy atom. The maximum absolute atomic E-state index is 14.6. The Bertz CT molecular complexity index is 1570. The average Bonchev–Trinajstić information content (AvgIpc) is 3.75. The molecule has 3 aliphatic rings. The third kappa shape index (κ3) is 4.32. The normalized spacial score (nSPS) is 16.5. The number of rotatable bonds is 8. The van der Waals surface area contributed by atoms with Crippen LogP contribution in [0.5, 0.6) is 11.5 Å². The molecule has 7 rings (SSSR count). The lowest BCUT2D eigenvalue weighted by atomic mass is 10.0. The van der Waals surface area contributed by atoms with Crippen LogP contribution >= 0.6 is 0 Å². The van der Waals surface area contributed by atoms with E-state index < -0.39 is 0 Å². The van der Waals surface area contributed by atoms with Crippen molar-refractivity contribution < 1.29 is 18.7 Å². The fraction of sp³-hybridized carbons (Fsp3) is 0.357. The first-order valence-corrected chi connectivity index (χ1v) is 13.3. The molecule has 1 fully saturated rings. The van der Waals surface area contributed by atoms with Gasteiger partial charge in [-0.05, 0) is 61.8 Å². The number of hydrogen-bond acceptors (Lipinski definition) is 8. The van der Waals surface area contributed by atoms with Gasteiger partial charge in [-0.3, -0.25) is 14.6 Å². The van der Waals surface area contributed by atoms with E-state index in [0.717, 1.165) is 42.3 Å². The molecule has 10 nitrogen and oxygen atoms in total. The predicted octanol–water partition coefficient (Wildman–Crippen LogP) is 3.45. The highest BCUT2D eigenvalue weighted by atomic mass is 19.1. The zero-order chi connectivity index (χ0) is 26.3. The van der Waals surface area contributed by atoms with Gasteiger partial charge in [0.1, 0.15) is 35.9 Å². The van der Waals surface area contributed by atoms with Crippen molar-refractivity contribution in [3.05, 3.63) is 70.9 Å². The number of hydrogen-bond donors (Lipinski definition) is 1. The molecule has 0 atom stereocenters. The first-order valence-electron chi connectivity index (χ1n) is 13.3. The first kappa shape index (κ1) is 23.8. The number of halogens is 1. The lowest BCUT2D eigenvalue weighted by Gasteiger charge is -2.17. The average molecular weight is 530 g/mol. The van der Waals surface area contributed by atoms with E-state index in [1.807, 2.05) is 18.2 Å². The van der Waals surface area contributed by atoms with Gasteiger partial charge in [-0.2, -0.15) is 0 Å². The molecule has 0 spiro atoms. The van der Waals surface area contributed by atoms with Crippen LogP contribution in [0.25, 0.3) is 5.65 Å². The van der Waals surface area contributed by atoms with Crippen LogP contribution in [0.1, 0.15) is 39.9 Å². The molecule has 2 aromatic carbocycles. The molecule has 4 aromatic rings. The van der Waals surface area contributed by atoms with Crippen molar-refractivity contribution >= 4 is 23.2 Å². The molecule has 39 heavy (non-hydrogen) atoms. The van der Waals surface area contributed by atoms with E-state index in [0.29, 0.717) is 54.6 Å². The van der Waals surface area contributed by atoms with Gasteiger partial charge in [-0.25, -0.2) is 13.8 Å². The summed E-state index contributed by atoms with van der Waals surface area (Å²) in [5, 5.41) is 11.5. The summed E-state index contributed by atoms with van der Waals surface area (Å²) in [5.41, 5.74) is 4.00. The van der Waals surface area contributed by atoms with Crippen LogP contribution in [0.4, 0.5) is 16.0 Å². The second-order valence-corrected chi connectivity index (χ2v) is 10.1. The minimum absolute atomic E-state index is 0.122. The number of nitrogens with zero attached hydrogens (tertiary/aromatic N) is 6. The Morgan fingerprint density at radius 3 is 2.95 bits per heavy atom. The molecule has 200 valence electrons. The number of carbonyl (C=O) groups excluding carboxylic acids is 1. The Labute approximate surface area is 224 Å². The number of carbonyl (C=O) groups is 1. The highest BCUT2D eigenvalue weighted by Gasteiger charge is 2.31. The Hall–Kier alpha value is -4.25. The number of nitrogens with one attached hydrogen (secondary N) is 1. The van der Waals surface area contributed by atoms with Crippen molar-refractivity contribution in [2.75, 3.05) is 43.1 Å². The van der Waals surface area contributed by atoms with E-state index in [9.17, 15) is 9.18 Å². The molecular weight excluding hydrogens is 501 g/mol. The fourth-order valence-electron chi connectivity index (χ4n) is 5.68. The second-order valence-electron chi connectivity index (χ2n) is 10.1. The monoisotopic (exact) mass is 529 g/mol. The summed E-state index contributed by atoms with van der Waals surface area (Å²) >= 11 is 0. The molecule has 0 unspecified atom stereocenters. The maximum Gasteiger partial charge on any atom is 0.259 e. The molecule has 0 radical (unpaired) electrons. The number of likely N-dealkylation sites (tertiary alicyclic amines) is 1. The Balaban J connectivity index is 1.09. The van der Waals surface area contributed by atoms with Gasteiger partial charge in [0.15, 0.2) is 5.65 Å². The van der Waals surface area contributed by atoms with Crippen LogP contribution in [0, 0.1) is 5.82 Å². The number of aromatic nitrogens is 4. The second kappa shape index (κ2) is 9.81. The Morgan fingerprint density at radius 2 is 2.05 bits per heavy atom. The molecule has 5 heterocycles. The van der Waals surface area contributed by atoms with E-state index in [1.54, 1.807) is 21.6 Å². The van der Waals surface area contributed by atoms with Crippen molar-refractivity contribution in [1.29, 1.82) is 0 Å². The summed E-state index contributed by atoms with van der Waals surface area (Å²) in [6.07, 6.45) is 6.32. The number of fused-ring (bicyclic) bond motifs is 3. The minimum atomic E-state index is -0.289. The molecule has 1 N–H and O–H groups in total. The van der Waals surface area contributed by atoms with Gasteiger partial charge in [0, 0.05) is 36.2 Å². The van der Waals surface area contributed by atoms with Gasteiger partial charge in [-0.15, -0.1) is 10.2 Å². The Kier molecular flexibility index (Phi) is 5.99. The van der Waals surface area contributed by atoms with Crippen LogP contribution < -0.4 is 19.7 Å². The molecular formula is C28H28FN7O3. The largest absolute Gasteiger partial charge is 0.493 e. The van der Waals surface area contributed by atoms with Gasteiger partial charge in [0.2, 0.25) is 5.95 Å². The molecule has 3 aliphatic heterocycles. The summed E-state index contributed by atoms with van der Waals surface area (Å²) in [7, 11) is 0. The zero-order valence-corrected chi connectivity index (χ0v) is 21.4. The quantitative estimate of drug-likeness (QED) is 0.371. The van der Waals surface area contributed by atoms with Crippen molar-refractivity contribution in [2.45, 2.75) is 32.4 Å². The third-order valence-corrected chi connectivity index (χ3v) is 7.72. The number of ether oxygens (including phenoxy) is 2. The predicted molar refractivity (Wildman–Crippen MR) is 142 cm³/mol. The van der Waals surface area contributed by atoms with E-state index in [1.165, 1.54) is 25.2 Å². The standard InChI is InChI=1S/C28H28FN7O3/c29-23-5-6-25-21(7-11-39-25)22(23)14-30-28-31-15-24(26-33-32-17-36(26)28)35-16-18-13-19(3-4-20(18)27(35)37)38-12-10-34-8-1-2-9-34/h3-6,13,15,17H,1-2,7-12,14,16H2,(H,30,31). The van der Waals surface area contributed by atoms with Crippen LogP contribution in [-0.2, 0) is 19.5 Å². The van der Waals surface area contributed by atoms with Crippen molar-refractivity contribution in [1.82, 2.24) is 24.5 Å². The third-order valence-electron chi connectivity index (χ3n) is 7.72. The minimum Gasteiger partial charge on any atom is -0.493 e. The van der Waals surface area contributed by atoms with Gasteiger partial charge in [0.25, 0.3) is 5.91 Å².